The summed E-state index contributed by atoms with van der Waals surface area (Å²) in [6.07, 6.45) is 8.09. The van der Waals surface area contributed by atoms with Crippen LogP contribution in [0.25, 0.3) is 0 Å². The van der Waals surface area contributed by atoms with Crippen molar-refractivity contribution in [3.63, 3.8) is 0 Å². The zero-order chi connectivity index (χ0) is 82.1. The lowest BCUT2D eigenvalue weighted by molar-refractivity contribution is -0.152. The number of ether oxygens (including phenoxy) is 9. The molecule has 5 N–H and O–H groups in total. The number of fused-ring (bicyclic) bond motifs is 2. The summed E-state index contributed by atoms with van der Waals surface area (Å²) in [6, 6.07) is 3.06. The molecule has 24 nitrogen and oxygen atoms in total. The number of ketones is 2. The largest absolute Gasteiger partial charge is 0.506 e. The Kier molecular flexibility index (Phi) is 23.9. The van der Waals surface area contributed by atoms with Gasteiger partial charge in [-0.15, -0.1) is 0 Å². The summed E-state index contributed by atoms with van der Waals surface area (Å²) >= 11 is 6.45. The number of carboxylic acid groups (broad SMARTS) is 1. The fourth-order valence-electron chi connectivity index (χ4n) is 14.3. The van der Waals surface area contributed by atoms with Crippen LogP contribution in [-0.4, -0.2) is 116 Å². The van der Waals surface area contributed by atoms with Gasteiger partial charge in [0, 0.05) is 12.2 Å². The Hall–Kier alpha value is -10.5. The van der Waals surface area contributed by atoms with E-state index < -0.39 is 87.6 Å². The lowest BCUT2D eigenvalue weighted by Crippen LogP contribution is -2.47. The zero-order valence-electron chi connectivity index (χ0n) is 65.0. The van der Waals surface area contributed by atoms with Gasteiger partial charge in [-0.3, -0.25) is 9.59 Å². The van der Waals surface area contributed by atoms with Crippen molar-refractivity contribution in [2.24, 2.45) is 0 Å². The molecular weight excluding hydrogens is 1550 g/mol. The van der Waals surface area contributed by atoms with E-state index in [2.05, 4.69) is 31.9 Å². The Morgan fingerprint density at radius 1 is 0.391 bits per heavy atom. The number of aliphatic hydroxyl groups is 2. The van der Waals surface area contributed by atoms with E-state index in [1.807, 2.05) is 34.6 Å². The van der Waals surface area contributed by atoms with Crippen LogP contribution in [0.1, 0.15) is 210 Å². The van der Waals surface area contributed by atoms with Gasteiger partial charge >= 0.3 is 47.8 Å². The highest BCUT2D eigenvalue weighted by molar-refractivity contribution is 9.11. The van der Waals surface area contributed by atoms with Crippen molar-refractivity contribution in [3.8, 4) is 46.0 Å². The molecule has 0 fully saturated rings. The molecule has 0 amide bonds. The Labute approximate surface area is 652 Å². The maximum absolute atomic E-state index is 14.0. The van der Waals surface area contributed by atoms with Crippen LogP contribution < -0.4 is 28.4 Å². The van der Waals surface area contributed by atoms with Crippen molar-refractivity contribution in [2.75, 3.05) is 14.2 Å². The second-order valence-corrected chi connectivity index (χ2v) is 30.4. The zero-order valence-corrected chi connectivity index (χ0v) is 68.1. The smallest absolute Gasteiger partial charge is 0.356 e. The third kappa shape index (κ3) is 14.9. The second kappa shape index (κ2) is 31.4. The molecular formula is C84H86Br2O24. The molecule has 26 heteroatoms. The van der Waals surface area contributed by atoms with Gasteiger partial charge in [-0.05, 0) is 338 Å². The quantitative estimate of drug-likeness (QED) is 0.0444. The molecule has 110 heavy (non-hydrogen) atoms. The highest BCUT2D eigenvalue weighted by atomic mass is 79.9. The number of allylic oxidation sites excluding steroid dienone is 4. The van der Waals surface area contributed by atoms with Gasteiger partial charge in [0.15, 0.2) is 23.1 Å². The summed E-state index contributed by atoms with van der Waals surface area (Å²) in [5.41, 5.74) is 4.61. The van der Waals surface area contributed by atoms with Crippen molar-refractivity contribution in [2.45, 2.75) is 187 Å². The van der Waals surface area contributed by atoms with Crippen LogP contribution in [0.2, 0.25) is 0 Å². The number of aromatic carboxylic acids is 1. The van der Waals surface area contributed by atoms with Crippen molar-refractivity contribution < 1.29 is 116 Å². The standard InChI is InChI=1S/C44H47BrO12.C40H39BrO12/c1-19-16-30(21(3)22(4)32(19)39(48)55-37-25(7)23(5)33(28-14-13-15-29(28)37)41(50)57-43(9,10)11)54-40(49)34-24(6)26(8)38(35(45)36(34)47)56-42(51)44(52)20(2)17-27(46)18-31(44)53-12;1-16-13-27(18(3)19(4)29(16)37(46)52-34-22(7)20(5)30(36(44)45)25-11-10-12-26(25)34)51-38(47)31-21(6)23(8)35(32(41)33(31)43)53-39(48)40(49)17(2)14-24(42)15-28(40)50-9/h16-18,47,52H,13-15H2,1-12H3;13-15,43,49H,10-12H2,1-9H3,(H,44,45)/t;40-/m.1/s1. The number of carboxylic acids is 1. The molecule has 0 saturated heterocycles. The number of esters is 7. The summed E-state index contributed by atoms with van der Waals surface area (Å²) in [6.45, 7) is 31.5. The second-order valence-electron chi connectivity index (χ2n) is 28.8. The number of carbonyl (C=O) groups excluding carboxylic acids is 9. The van der Waals surface area contributed by atoms with Crippen molar-refractivity contribution in [3.05, 3.63) is 202 Å². The van der Waals surface area contributed by atoms with Gasteiger partial charge in [0.05, 0.1) is 36.5 Å². The summed E-state index contributed by atoms with van der Waals surface area (Å²) in [5.74, 6) is -9.09. The Balaban J connectivity index is 0.000000254. The Bertz CT molecular complexity index is 5180. The summed E-state index contributed by atoms with van der Waals surface area (Å²) in [5, 5.41) is 54.9. The molecule has 1 unspecified atom stereocenters. The molecule has 580 valence electrons. The van der Waals surface area contributed by atoms with E-state index in [1.165, 1.54) is 54.9 Å². The van der Waals surface area contributed by atoms with Gasteiger partial charge in [0.1, 0.15) is 71.7 Å². The third-order valence-electron chi connectivity index (χ3n) is 21.1. The van der Waals surface area contributed by atoms with Crippen molar-refractivity contribution >= 4 is 91.2 Å². The van der Waals surface area contributed by atoms with Gasteiger partial charge in [-0.25, -0.2) is 38.4 Å². The topological polar surface area (TPSA) is 355 Å². The van der Waals surface area contributed by atoms with E-state index >= 15 is 0 Å². The van der Waals surface area contributed by atoms with Gasteiger partial charge in [0.2, 0.25) is 11.2 Å². The maximum atomic E-state index is 14.0. The van der Waals surface area contributed by atoms with E-state index in [4.69, 9.17) is 42.6 Å². The average molecular weight is 1640 g/mol. The monoisotopic (exact) mass is 1640 g/mol. The van der Waals surface area contributed by atoms with Crippen LogP contribution in [0.15, 0.2) is 68.0 Å². The molecule has 4 aliphatic carbocycles. The highest BCUT2D eigenvalue weighted by Crippen LogP contribution is 2.48. The predicted octanol–water partition coefficient (Wildman–Crippen LogP) is 14.5. The van der Waals surface area contributed by atoms with E-state index in [-0.39, 0.29) is 105 Å². The van der Waals surface area contributed by atoms with Crippen LogP contribution in [0.3, 0.4) is 0 Å². The molecule has 6 aromatic carbocycles. The number of hydrogen-bond acceptors (Lipinski definition) is 23. The Morgan fingerprint density at radius 3 is 1.05 bits per heavy atom. The minimum absolute atomic E-state index is 0.0327. The number of phenolic OH excluding ortho intramolecular Hbond substituents is 2. The van der Waals surface area contributed by atoms with Crippen LogP contribution in [0, 0.1) is 96.9 Å². The fourth-order valence-corrected chi connectivity index (χ4v) is 15.4. The Morgan fingerprint density at radius 2 is 0.700 bits per heavy atom. The van der Waals surface area contributed by atoms with Gasteiger partial charge < -0.3 is 68.2 Å². The number of aromatic hydroxyl groups is 2. The summed E-state index contributed by atoms with van der Waals surface area (Å²) in [7, 11) is 2.38. The lowest BCUT2D eigenvalue weighted by Gasteiger charge is -2.30. The van der Waals surface area contributed by atoms with E-state index in [1.54, 1.807) is 68.4 Å². The number of rotatable bonds is 16. The minimum atomic E-state index is -2.43. The SMILES string of the molecule is COC1=CC(=O)C=C(C)C1(O)C(=O)Oc1c(C)c(C)c(C(=O)Oc2cc(C)c(C(=O)Oc3c(C)c(C)c(C(=O)OC(C)(C)C)c4c3CCC4)c(C)c2C)c(O)c1Br.COC1=CC(=O)C=C(C)[C@]1(O)C(=O)Oc1c(C)c(C)c(C(=O)Oc2cc(C)c(C(=O)Oc3c(C)c(C)c(C(=O)O)c4c3CCC4)c(C)c2C)c(O)c1Br. The van der Waals surface area contributed by atoms with Crippen LogP contribution in [-0.2, 0) is 59.1 Å². The van der Waals surface area contributed by atoms with Gasteiger partial charge in [0.25, 0.3) is 0 Å². The number of aryl methyl sites for hydroxylation is 2. The summed E-state index contributed by atoms with van der Waals surface area (Å²) < 4.78 is 50.6. The normalized spacial score (nSPS) is 16.4. The highest BCUT2D eigenvalue weighted by Gasteiger charge is 2.50. The number of methoxy groups -OCH3 is 2. The first-order valence-electron chi connectivity index (χ1n) is 35.0. The molecule has 0 aromatic heterocycles. The van der Waals surface area contributed by atoms with E-state index in [9.17, 15) is 73.5 Å². The van der Waals surface area contributed by atoms with E-state index in [0.29, 0.717) is 104 Å². The van der Waals surface area contributed by atoms with Crippen molar-refractivity contribution in [1.29, 1.82) is 0 Å². The molecule has 10 rings (SSSR count). The van der Waals surface area contributed by atoms with Crippen molar-refractivity contribution in [1.82, 2.24) is 0 Å². The molecule has 4 aliphatic rings. The molecule has 0 aliphatic heterocycles. The van der Waals surface area contributed by atoms with Crippen LogP contribution >= 0.6 is 31.9 Å². The molecule has 6 aromatic rings. The number of hydrogen-bond donors (Lipinski definition) is 5. The number of halogens is 2. The third-order valence-corrected chi connectivity index (χ3v) is 22.5. The first kappa shape index (κ1) is 83.5. The van der Waals surface area contributed by atoms with Crippen LogP contribution in [0.4, 0.5) is 0 Å². The van der Waals surface area contributed by atoms with E-state index in [0.717, 1.165) is 53.8 Å². The molecule has 0 spiro atoms. The number of benzene rings is 6. The summed E-state index contributed by atoms with van der Waals surface area (Å²) in [4.78, 5) is 131. The lowest BCUT2D eigenvalue weighted by atomic mass is 9.87. The first-order chi connectivity index (χ1) is 51.2. The molecule has 0 heterocycles. The minimum Gasteiger partial charge on any atom is -0.506 e. The van der Waals surface area contributed by atoms with Gasteiger partial charge in [-0.2, -0.15) is 0 Å². The average Bonchev–Trinajstić information content (AvgIpc) is 0.837. The molecule has 0 radical (unpaired) electrons. The predicted molar refractivity (Wildman–Crippen MR) is 409 cm³/mol. The maximum Gasteiger partial charge on any atom is 0.356 e. The van der Waals surface area contributed by atoms with Gasteiger partial charge in [-0.1, -0.05) is 0 Å². The molecule has 0 saturated carbocycles. The molecule has 2 atom stereocenters. The molecule has 0 bridgehead atoms. The number of phenols is 2. The van der Waals surface area contributed by atoms with Crippen LogP contribution in [0.5, 0.6) is 46.0 Å². The number of carbonyl (C=O) groups is 10. The fraction of sp³-hybridized carbons (Fsp3) is 0.357. The first-order valence-corrected chi connectivity index (χ1v) is 36.6.